The van der Waals surface area contributed by atoms with Crippen LogP contribution in [-0.4, -0.2) is 4.57 Å². The zero-order chi connectivity index (χ0) is 38.4. The van der Waals surface area contributed by atoms with E-state index < -0.39 is 0 Å². The summed E-state index contributed by atoms with van der Waals surface area (Å²) in [6, 6.07) is 79.3. The number of nitrogens with zero attached hydrogens (tertiary/aromatic N) is 1. The second-order valence-corrected chi connectivity index (χ2v) is 16.0. The van der Waals surface area contributed by atoms with Gasteiger partial charge < -0.3 is 4.57 Å². The second kappa shape index (κ2) is 14.4. The molecule has 2 heteroatoms. The Bertz CT molecular complexity index is 3180. The van der Waals surface area contributed by atoms with Crippen LogP contribution in [0.4, 0.5) is 0 Å². The second-order valence-electron chi connectivity index (χ2n) is 14.9. The maximum absolute atomic E-state index is 2.49. The zero-order valence-corrected chi connectivity index (χ0v) is 32.5. The Morgan fingerprint density at radius 2 is 0.897 bits per heavy atom. The Morgan fingerprint density at radius 1 is 0.379 bits per heavy atom. The van der Waals surface area contributed by atoms with Crippen LogP contribution in [0, 0.1) is 0 Å². The molecule has 0 saturated carbocycles. The quantitative estimate of drug-likeness (QED) is 0.143. The van der Waals surface area contributed by atoms with Crippen LogP contribution in [0.3, 0.4) is 0 Å². The van der Waals surface area contributed by atoms with Crippen molar-refractivity contribution in [1.82, 2.24) is 4.57 Å². The molecule has 0 aliphatic heterocycles. The molecule has 0 spiro atoms. The molecule has 0 bridgehead atoms. The molecule has 1 nitrogen and oxygen atoms in total. The monoisotopic (exact) mass is 755 g/mol. The molecule has 11 rings (SSSR count). The van der Waals surface area contributed by atoms with Crippen LogP contribution in [0.2, 0.25) is 0 Å². The maximum Gasteiger partial charge on any atom is 0.0728 e. The molecule has 11 aromatic rings. The number of rotatable bonds is 7. The Balaban J connectivity index is 1.000. The van der Waals surface area contributed by atoms with Gasteiger partial charge in [0.15, 0.2) is 0 Å². The number of thiophene rings is 1. The minimum Gasteiger partial charge on any atom is -0.307 e. The summed E-state index contributed by atoms with van der Waals surface area (Å²) in [7, 11) is 0. The first-order valence-corrected chi connectivity index (χ1v) is 20.6. The SMILES string of the molecule is C(=C(c1ccc(-c2ccccc2)cc1)c1ccc(-c2ccccc2)cc1)c1ccc(-c2ccc3sc4c5ccc6ccccc6c5n(-c5ccccc5)c4c3c2)cc1. The minimum atomic E-state index is 1.16. The smallest absolute Gasteiger partial charge is 0.0728 e. The lowest BCUT2D eigenvalue weighted by Crippen LogP contribution is -1.94. The van der Waals surface area contributed by atoms with Crippen molar-refractivity contribution in [2.75, 3.05) is 0 Å². The van der Waals surface area contributed by atoms with Gasteiger partial charge in [0.1, 0.15) is 0 Å². The van der Waals surface area contributed by atoms with E-state index in [1.54, 1.807) is 0 Å². The van der Waals surface area contributed by atoms with E-state index >= 15 is 0 Å². The van der Waals surface area contributed by atoms with Gasteiger partial charge in [-0.2, -0.15) is 0 Å². The van der Waals surface area contributed by atoms with E-state index in [1.165, 1.54) is 97.7 Å². The van der Waals surface area contributed by atoms with Crippen molar-refractivity contribution in [3.8, 4) is 39.1 Å². The van der Waals surface area contributed by atoms with Gasteiger partial charge in [-0.3, -0.25) is 0 Å². The Labute approximate surface area is 342 Å². The Hall–Kier alpha value is -7.26. The lowest BCUT2D eigenvalue weighted by molar-refractivity contribution is 1.19. The van der Waals surface area contributed by atoms with Crippen molar-refractivity contribution in [3.05, 3.63) is 235 Å². The molecule has 0 atom stereocenters. The normalized spacial score (nSPS) is 11.4. The third-order valence-electron chi connectivity index (χ3n) is 11.4. The van der Waals surface area contributed by atoms with E-state index in [4.69, 9.17) is 0 Å². The van der Waals surface area contributed by atoms with Crippen LogP contribution in [0.15, 0.2) is 218 Å². The van der Waals surface area contributed by atoms with Crippen molar-refractivity contribution in [2.45, 2.75) is 0 Å². The van der Waals surface area contributed by atoms with E-state index in [9.17, 15) is 0 Å². The largest absolute Gasteiger partial charge is 0.307 e. The Morgan fingerprint density at radius 3 is 1.53 bits per heavy atom. The summed E-state index contributed by atoms with van der Waals surface area (Å²) < 4.78 is 5.12. The summed E-state index contributed by atoms with van der Waals surface area (Å²) in [5.41, 5.74) is 15.7. The lowest BCUT2D eigenvalue weighted by atomic mass is 9.92. The van der Waals surface area contributed by atoms with E-state index in [0.29, 0.717) is 0 Å². The van der Waals surface area contributed by atoms with Crippen molar-refractivity contribution >= 4 is 65.0 Å². The average Bonchev–Trinajstić information content (AvgIpc) is 3.84. The molecular formula is C56H37NS. The predicted molar refractivity (Wildman–Crippen MR) is 250 cm³/mol. The molecular weight excluding hydrogens is 719 g/mol. The van der Waals surface area contributed by atoms with Crippen LogP contribution in [0.25, 0.3) is 92.7 Å². The summed E-state index contributed by atoms with van der Waals surface area (Å²) in [6.07, 6.45) is 2.33. The van der Waals surface area contributed by atoms with Gasteiger partial charge in [-0.05, 0) is 91.4 Å². The molecule has 58 heavy (non-hydrogen) atoms. The molecule has 2 heterocycles. The highest BCUT2D eigenvalue weighted by Crippen LogP contribution is 2.45. The first-order valence-electron chi connectivity index (χ1n) is 19.8. The molecule has 0 unspecified atom stereocenters. The first kappa shape index (κ1) is 34.0. The van der Waals surface area contributed by atoms with Crippen molar-refractivity contribution < 1.29 is 0 Å². The van der Waals surface area contributed by atoms with Crippen LogP contribution in [-0.2, 0) is 0 Å². The third-order valence-corrected chi connectivity index (χ3v) is 12.6. The zero-order valence-electron chi connectivity index (χ0n) is 31.7. The predicted octanol–water partition coefficient (Wildman–Crippen LogP) is 15.7. The van der Waals surface area contributed by atoms with Gasteiger partial charge in [-0.15, -0.1) is 11.3 Å². The molecule has 0 aliphatic rings. The number of benzene rings is 9. The number of hydrogen-bond donors (Lipinski definition) is 0. The number of hydrogen-bond acceptors (Lipinski definition) is 1. The number of para-hydroxylation sites is 1. The molecule has 0 radical (unpaired) electrons. The molecule has 272 valence electrons. The van der Waals surface area contributed by atoms with Crippen molar-refractivity contribution in [1.29, 1.82) is 0 Å². The van der Waals surface area contributed by atoms with Gasteiger partial charge in [-0.1, -0.05) is 194 Å². The van der Waals surface area contributed by atoms with E-state index in [0.717, 1.165) is 5.56 Å². The molecule has 0 saturated heterocycles. The van der Waals surface area contributed by atoms with Gasteiger partial charge in [0.25, 0.3) is 0 Å². The topological polar surface area (TPSA) is 4.93 Å². The summed E-state index contributed by atoms with van der Waals surface area (Å²) in [5.74, 6) is 0. The van der Waals surface area contributed by atoms with E-state index in [2.05, 4.69) is 229 Å². The highest BCUT2D eigenvalue weighted by atomic mass is 32.1. The van der Waals surface area contributed by atoms with Crippen LogP contribution < -0.4 is 0 Å². The first-order chi connectivity index (χ1) is 28.7. The van der Waals surface area contributed by atoms with E-state index in [-0.39, 0.29) is 0 Å². The fourth-order valence-electron chi connectivity index (χ4n) is 8.51. The molecule has 0 N–H and O–H groups in total. The molecule has 2 aromatic heterocycles. The van der Waals surface area contributed by atoms with Gasteiger partial charge in [0.05, 0.1) is 15.7 Å². The van der Waals surface area contributed by atoms with Crippen LogP contribution in [0.1, 0.15) is 16.7 Å². The molecule has 0 amide bonds. The number of aromatic nitrogens is 1. The summed E-state index contributed by atoms with van der Waals surface area (Å²) in [4.78, 5) is 0. The van der Waals surface area contributed by atoms with Crippen molar-refractivity contribution in [3.63, 3.8) is 0 Å². The van der Waals surface area contributed by atoms with Gasteiger partial charge >= 0.3 is 0 Å². The van der Waals surface area contributed by atoms with Crippen molar-refractivity contribution in [2.24, 2.45) is 0 Å². The maximum atomic E-state index is 2.49. The van der Waals surface area contributed by atoms with E-state index in [1.807, 2.05) is 11.3 Å². The van der Waals surface area contributed by atoms with Gasteiger partial charge in [0, 0.05) is 26.5 Å². The highest BCUT2D eigenvalue weighted by Gasteiger charge is 2.20. The lowest BCUT2D eigenvalue weighted by Gasteiger charge is -2.12. The number of fused-ring (bicyclic) bond motifs is 7. The highest BCUT2D eigenvalue weighted by molar-refractivity contribution is 7.26. The third kappa shape index (κ3) is 6.03. The fourth-order valence-corrected chi connectivity index (χ4v) is 9.71. The summed E-state index contributed by atoms with van der Waals surface area (Å²) in [6.45, 7) is 0. The Kier molecular flexibility index (Phi) is 8.42. The molecule has 9 aromatic carbocycles. The molecule has 0 fully saturated rings. The average molecular weight is 756 g/mol. The van der Waals surface area contributed by atoms with Gasteiger partial charge in [0.2, 0.25) is 0 Å². The van der Waals surface area contributed by atoms with Crippen LogP contribution >= 0.6 is 11.3 Å². The van der Waals surface area contributed by atoms with Crippen LogP contribution in [0.5, 0.6) is 0 Å². The minimum absolute atomic E-state index is 1.16. The fraction of sp³-hybridized carbons (Fsp3) is 0. The molecule has 0 aliphatic carbocycles. The summed E-state index contributed by atoms with van der Waals surface area (Å²) in [5, 5.41) is 5.12. The standard InChI is InChI=1S/C56H37NS/c1-4-12-39(13-5-1)41-24-28-45(29-25-41)51(46-30-26-42(27-31-46)40-14-6-2-7-15-40)36-38-20-22-43(23-21-38)47-33-35-53-52(37-47)55-56(58-53)50-34-32-44-16-10-11-19-49(44)54(50)57(55)48-17-8-3-9-18-48/h1-37H. The van der Waals surface area contributed by atoms with Gasteiger partial charge in [-0.25, -0.2) is 0 Å². The summed E-state index contributed by atoms with van der Waals surface area (Å²) >= 11 is 1.89.